The Morgan fingerprint density at radius 3 is 2.36 bits per heavy atom. The topological polar surface area (TPSA) is 12.5 Å². The van der Waals surface area contributed by atoms with Gasteiger partial charge in [-0.2, -0.15) is 5.06 Å². The summed E-state index contributed by atoms with van der Waals surface area (Å²) in [7, 11) is 3.57. The molecule has 0 saturated carbocycles. The second-order valence-electron chi connectivity index (χ2n) is 2.91. The number of nitrogens with zero attached hydrogens (tertiary/aromatic N) is 1. The first-order chi connectivity index (χ1) is 6.26. The van der Waals surface area contributed by atoms with Gasteiger partial charge in [0.25, 0.3) is 0 Å². The van der Waals surface area contributed by atoms with Crippen LogP contribution in [0.2, 0.25) is 0 Å². The number of hydrogen-bond donors (Lipinski definition) is 0. The molecule has 2 nitrogen and oxygen atoms in total. The SMILES string of the molecule is C=Cc1ccc(CN(C)OC)cc1.[Co]. The summed E-state index contributed by atoms with van der Waals surface area (Å²) in [6, 6.07) is 8.25. The van der Waals surface area contributed by atoms with Gasteiger partial charge >= 0.3 is 0 Å². The van der Waals surface area contributed by atoms with Gasteiger partial charge in [-0.1, -0.05) is 36.9 Å². The van der Waals surface area contributed by atoms with Crippen molar-refractivity contribution in [3.63, 3.8) is 0 Å². The number of hydroxylamine groups is 2. The summed E-state index contributed by atoms with van der Waals surface area (Å²) in [5.74, 6) is 0. The monoisotopic (exact) mass is 236 g/mol. The molecule has 1 aromatic carbocycles. The van der Waals surface area contributed by atoms with Crippen LogP contribution in [0.3, 0.4) is 0 Å². The Morgan fingerprint density at radius 1 is 1.36 bits per heavy atom. The minimum absolute atomic E-state index is 0. The maximum Gasteiger partial charge on any atom is 0.0575 e. The summed E-state index contributed by atoms with van der Waals surface area (Å²) < 4.78 is 0. The van der Waals surface area contributed by atoms with Crippen LogP contribution in [0.4, 0.5) is 0 Å². The largest absolute Gasteiger partial charge is 0.302 e. The Balaban J connectivity index is 0.00000169. The zero-order valence-electron chi connectivity index (χ0n) is 8.49. The molecule has 0 aliphatic carbocycles. The van der Waals surface area contributed by atoms with Crippen LogP contribution in [0.15, 0.2) is 30.8 Å². The van der Waals surface area contributed by atoms with Crippen LogP contribution in [0, 0.1) is 0 Å². The van der Waals surface area contributed by atoms with Gasteiger partial charge in [0, 0.05) is 30.4 Å². The van der Waals surface area contributed by atoms with Crippen LogP contribution < -0.4 is 0 Å². The van der Waals surface area contributed by atoms with Gasteiger partial charge in [0.2, 0.25) is 0 Å². The zero-order valence-corrected chi connectivity index (χ0v) is 9.53. The molecule has 0 N–H and O–H groups in total. The van der Waals surface area contributed by atoms with Crippen molar-refractivity contribution in [3.8, 4) is 0 Å². The van der Waals surface area contributed by atoms with Crippen LogP contribution in [-0.2, 0) is 28.2 Å². The van der Waals surface area contributed by atoms with Crippen molar-refractivity contribution in [2.45, 2.75) is 6.54 Å². The quantitative estimate of drug-likeness (QED) is 0.744. The number of benzene rings is 1. The van der Waals surface area contributed by atoms with E-state index in [-0.39, 0.29) is 16.8 Å². The first-order valence-corrected chi connectivity index (χ1v) is 4.23. The summed E-state index contributed by atoms with van der Waals surface area (Å²) in [5, 5.41) is 1.78. The standard InChI is InChI=1S/C11H15NO.Co/c1-4-10-5-7-11(8-6-10)9-12(2)13-3;/h4-8H,1,9H2,2-3H3;. The van der Waals surface area contributed by atoms with Gasteiger partial charge in [-0.15, -0.1) is 0 Å². The fraction of sp³-hybridized carbons (Fsp3) is 0.273. The smallest absolute Gasteiger partial charge is 0.0575 e. The molecule has 3 heteroatoms. The molecule has 0 aromatic heterocycles. The third-order valence-electron chi connectivity index (χ3n) is 1.93. The Labute approximate surface area is 95.7 Å². The van der Waals surface area contributed by atoms with E-state index in [4.69, 9.17) is 4.84 Å². The molecule has 79 valence electrons. The third-order valence-corrected chi connectivity index (χ3v) is 1.93. The first-order valence-electron chi connectivity index (χ1n) is 4.23. The van der Waals surface area contributed by atoms with E-state index < -0.39 is 0 Å². The predicted molar refractivity (Wildman–Crippen MR) is 55.0 cm³/mol. The molecule has 0 fully saturated rings. The Kier molecular flexibility index (Phi) is 6.49. The van der Waals surface area contributed by atoms with Crippen molar-refractivity contribution in [2.24, 2.45) is 0 Å². The van der Waals surface area contributed by atoms with E-state index in [0.717, 1.165) is 12.1 Å². The molecular formula is C11H15CoNO. The predicted octanol–water partition coefficient (Wildman–Crippen LogP) is 2.32. The molecular weight excluding hydrogens is 221 g/mol. The minimum Gasteiger partial charge on any atom is -0.302 e. The van der Waals surface area contributed by atoms with Crippen molar-refractivity contribution in [2.75, 3.05) is 14.2 Å². The van der Waals surface area contributed by atoms with Gasteiger partial charge in [-0.25, -0.2) is 0 Å². The molecule has 1 radical (unpaired) electrons. The van der Waals surface area contributed by atoms with Crippen LogP contribution in [0.1, 0.15) is 11.1 Å². The van der Waals surface area contributed by atoms with Crippen molar-refractivity contribution in [3.05, 3.63) is 42.0 Å². The van der Waals surface area contributed by atoms with Gasteiger partial charge in [-0.05, 0) is 11.1 Å². The summed E-state index contributed by atoms with van der Waals surface area (Å²) >= 11 is 0. The van der Waals surface area contributed by atoms with Gasteiger partial charge in [0.15, 0.2) is 0 Å². The van der Waals surface area contributed by atoms with E-state index >= 15 is 0 Å². The summed E-state index contributed by atoms with van der Waals surface area (Å²) in [4.78, 5) is 5.02. The first kappa shape index (κ1) is 13.4. The van der Waals surface area contributed by atoms with E-state index in [1.165, 1.54) is 5.56 Å². The summed E-state index contributed by atoms with van der Waals surface area (Å²) in [5.41, 5.74) is 2.37. The molecule has 0 unspecified atom stereocenters. The Hall–Kier alpha value is -0.614. The van der Waals surface area contributed by atoms with Crippen LogP contribution in [0.25, 0.3) is 6.08 Å². The molecule has 14 heavy (non-hydrogen) atoms. The molecule has 0 amide bonds. The van der Waals surface area contributed by atoms with Gasteiger partial charge in [-0.3, -0.25) is 0 Å². The van der Waals surface area contributed by atoms with Gasteiger partial charge in [0.05, 0.1) is 7.11 Å². The van der Waals surface area contributed by atoms with E-state index in [0.29, 0.717) is 0 Å². The average Bonchev–Trinajstić information content (AvgIpc) is 2.19. The third kappa shape index (κ3) is 4.06. The van der Waals surface area contributed by atoms with E-state index in [2.05, 4.69) is 18.7 Å². The van der Waals surface area contributed by atoms with Crippen LogP contribution in [0.5, 0.6) is 0 Å². The zero-order chi connectivity index (χ0) is 9.68. The number of rotatable bonds is 4. The van der Waals surface area contributed by atoms with E-state index in [1.807, 2.05) is 25.3 Å². The molecule has 0 aliphatic rings. The Bertz CT molecular complexity index is 271. The van der Waals surface area contributed by atoms with Crippen LogP contribution >= 0.6 is 0 Å². The molecule has 0 spiro atoms. The van der Waals surface area contributed by atoms with Crippen molar-refractivity contribution < 1.29 is 21.6 Å². The summed E-state index contributed by atoms with van der Waals surface area (Å²) in [6.07, 6.45) is 1.84. The molecule has 1 aromatic rings. The minimum atomic E-state index is 0. The summed E-state index contributed by atoms with van der Waals surface area (Å²) in [6.45, 7) is 4.50. The second kappa shape index (κ2) is 6.78. The molecule has 0 aliphatic heterocycles. The maximum atomic E-state index is 5.02. The van der Waals surface area contributed by atoms with Gasteiger partial charge in [0.1, 0.15) is 0 Å². The molecule has 0 saturated heterocycles. The molecule has 0 atom stereocenters. The normalized spacial score (nSPS) is 9.64. The van der Waals surface area contributed by atoms with E-state index in [9.17, 15) is 0 Å². The van der Waals surface area contributed by atoms with Crippen molar-refractivity contribution in [1.29, 1.82) is 0 Å². The second-order valence-corrected chi connectivity index (χ2v) is 2.91. The molecule has 1 rings (SSSR count). The maximum absolute atomic E-state index is 5.02. The fourth-order valence-electron chi connectivity index (χ4n) is 1.08. The van der Waals surface area contributed by atoms with Crippen molar-refractivity contribution in [1.82, 2.24) is 5.06 Å². The fourth-order valence-corrected chi connectivity index (χ4v) is 1.08. The number of hydrogen-bond acceptors (Lipinski definition) is 2. The molecule has 0 bridgehead atoms. The van der Waals surface area contributed by atoms with Crippen molar-refractivity contribution >= 4 is 6.08 Å². The Morgan fingerprint density at radius 2 is 1.93 bits per heavy atom. The van der Waals surface area contributed by atoms with Gasteiger partial charge < -0.3 is 4.84 Å². The average molecular weight is 236 g/mol. The molecule has 0 heterocycles. The van der Waals surface area contributed by atoms with Crippen LogP contribution in [-0.4, -0.2) is 19.2 Å². The van der Waals surface area contributed by atoms with E-state index in [1.54, 1.807) is 12.2 Å².